The molecule has 1 aromatic carbocycles. The third-order valence-electron chi connectivity index (χ3n) is 4.70. The van der Waals surface area contributed by atoms with Gasteiger partial charge in [0.25, 0.3) is 5.91 Å². The van der Waals surface area contributed by atoms with Gasteiger partial charge in [0.15, 0.2) is 0 Å². The van der Waals surface area contributed by atoms with Crippen LogP contribution in [0.25, 0.3) is 0 Å². The van der Waals surface area contributed by atoms with E-state index in [2.05, 4.69) is 18.7 Å². The Morgan fingerprint density at radius 3 is 2.52 bits per heavy atom. The SMILES string of the molecule is Cc1c(N)cccc1C(=O)N(C)C1CCN(C(C)C)CC1. The first kappa shape index (κ1) is 15.8. The number of amides is 1. The van der Waals surface area contributed by atoms with Crippen molar-refractivity contribution >= 4 is 11.6 Å². The molecule has 1 aliphatic heterocycles. The Bertz CT molecular complexity index is 505. The summed E-state index contributed by atoms with van der Waals surface area (Å²) in [5.74, 6) is 0.0859. The van der Waals surface area contributed by atoms with Crippen LogP contribution in [-0.4, -0.2) is 47.9 Å². The molecule has 1 amide bonds. The van der Waals surface area contributed by atoms with Gasteiger partial charge in [0.2, 0.25) is 0 Å². The maximum Gasteiger partial charge on any atom is 0.254 e. The van der Waals surface area contributed by atoms with Crippen molar-refractivity contribution in [1.29, 1.82) is 0 Å². The number of carbonyl (C=O) groups excluding carboxylic acids is 1. The fourth-order valence-electron chi connectivity index (χ4n) is 3.03. The van der Waals surface area contributed by atoms with Crippen LogP contribution in [0.4, 0.5) is 5.69 Å². The van der Waals surface area contributed by atoms with Gasteiger partial charge in [0.05, 0.1) is 0 Å². The number of hydrogen-bond donors (Lipinski definition) is 1. The summed E-state index contributed by atoms with van der Waals surface area (Å²) in [7, 11) is 1.92. The fourth-order valence-corrected chi connectivity index (χ4v) is 3.03. The van der Waals surface area contributed by atoms with E-state index in [4.69, 9.17) is 5.73 Å². The predicted molar refractivity (Wildman–Crippen MR) is 87.4 cm³/mol. The van der Waals surface area contributed by atoms with Crippen LogP contribution in [0.3, 0.4) is 0 Å². The molecule has 1 aliphatic rings. The molecule has 0 spiro atoms. The first-order valence-electron chi connectivity index (χ1n) is 7.78. The Balaban J connectivity index is 2.05. The molecule has 0 aromatic heterocycles. The fraction of sp³-hybridized carbons (Fsp3) is 0.588. The summed E-state index contributed by atoms with van der Waals surface area (Å²) in [6.45, 7) is 8.50. The maximum atomic E-state index is 12.7. The van der Waals surface area contributed by atoms with Gasteiger partial charge in [-0.2, -0.15) is 0 Å². The van der Waals surface area contributed by atoms with Crippen molar-refractivity contribution in [3.63, 3.8) is 0 Å². The zero-order valence-corrected chi connectivity index (χ0v) is 13.6. The number of nitrogens with zero attached hydrogens (tertiary/aromatic N) is 2. The van der Waals surface area contributed by atoms with Crippen LogP contribution < -0.4 is 5.73 Å². The van der Waals surface area contributed by atoms with Crippen molar-refractivity contribution in [1.82, 2.24) is 9.80 Å². The lowest BCUT2D eigenvalue weighted by molar-refractivity contribution is 0.0614. The molecule has 1 heterocycles. The van der Waals surface area contributed by atoms with E-state index in [0.29, 0.717) is 17.8 Å². The molecule has 0 unspecified atom stereocenters. The summed E-state index contributed by atoms with van der Waals surface area (Å²) >= 11 is 0. The molecule has 0 aliphatic carbocycles. The topological polar surface area (TPSA) is 49.6 Å². The molecule has 4 heteroatoms. The largest absolute Gasteiger partial charge is 0.398 e. The van der Waals surface area contributed by atoms with Crippen LogP contribution in [0, 0.1) is 6.92 Å². The number of likely N-dealkylation sites (tertiary alicyclic amines) is 1. The Hall–Kier alpha value is -1.55. The van der Waals surface area contributed by atoms with E-state index < -0.39 is 0 Å². The van der Waals surface area contributed by atoms with Gasteiger partial charge in [-0.15, -0.1) is 0 Å². The highest BCUT2D eigenvalue weighted by Gasteiger charge is 2.27. The summed E-state index contributed by atoms with van der Waals surface area (Å²) < 4.78 is 0. The minimum Gasteiger partial charge on any atom is -0.398 e. The Kier molecular flexibility index (Phi) is 4.88. The molecule has 0 atom stereocenters. The quantitative estimate of drug-likeness (QED) is 0.870. The van der Waals surface area contributed by atoms with Crippen molar-refractivity contribution in [3.8, 4) is 0 Å². The van der Waals surface area contributed by atoms with Gasteiger partial charge in [-0.1, -0.05) is 6.07 Å². The van der Waals surface area contributed by atoms with Crippen molar-refractivity contribution < 1.29 is 4.79 Å². The van der Waals surface area contributed by atoms with Crippen LogP contribution in [0.2, 0.25) is 0 Å². The van der Waals surface area contributed by atoms with E-state index >= 15 is 0 Å². The summed E-state index contributed by atoms with van der Waals surface area (Å²) in [4.78, 5) is 17.1. The first-order chi connectivity index (χ1) is 9.91. The van der Waals surface area contributed by atoms with Crippen LogP contribution >= 0.6 is 0 Å². The number of carbonyl (C=O) groups is 1. The number of benzene rings is 1. The van der Waals surface area contributed by atoms with E-state index in [1.54, 1.807) is 0 Å². The Morgan fingerprint density at radius 2 is 1.95 bits per heavy atom. The van der Waals surface area contributed by atoms with Gasteiger partial charge in [-0.25, -0.2) is 0 Å². The average Bonchev–Trinajstić information content (AvgIpc) is 2.48. The molecule has 21 heavy (non-hydrogen) atoms. The first-order valence-corrected chi connectivity index (χ1v) is 7.78. The van der Waals surface area contributed by atoms with Gasteiger partial charge in [0.1, 0.15) is 0 Å². The van der Waals surface area contributed by atoms with Crippen LogP contribution in [0.5, 0.6) is 0 Å². The lowest BCUT2D eigenvalue weighted by Crippen LogP contribution is -2.47. The Labute approximate surface area is 127 Å². The normalized spacial score (nSPS) is 17.2. The second-order valence-corrected chi connectivity index (χ2v) is 6.30. The Morgan fingerprint density at radius 1 is 1.33 bits per heavy atom. The molecule has 0 bridgehead atoms. The lowest BCUT2D eigenvalue weighted by Gasteiger charge is -2.38. The second kappa shape index (κ2) is 6.48. The van der Waals surface area contributed by atoms with Gasteiger partial charge in [0, 0.05) is 43.5 Å². The summed E-state index contributed by atoms with van der Waals surface area (Å²) in [6, 6.07) is 6.47. The lowest BCUT2D eigenvalue weighted by atomic mass is 10.00. The molecule has 0 saturated carbocycles. The van der Waals surface area contributed by atoms with Gasteiger partial charge in [-0.05, 0) is 51.3 Å². The molecule has 0 radical (unpaired) electrons. The monoisotopic (exact) mass is 289 g/mol. The molecule has 2 N–H and O–H groups in total. The summed E-state index contributed by atoms with van der Waals surface area (Å²) in [5.41, 5.74) is 8.20. The van der Waals surface area contributed by atoms with E-state index in [0.717, 1.165) is 37.1 Å². The zero-order valence-electron chi connectivity index (χ0n) is 13.6. The number of piperidine rings is 1. The highest BCUT2D eigenvalue weighted by atomic mass is 16.2. The van der Waals surface area contributed by atoms with Crippen LogP contribution in [0.1, 0.15) is 42.6 Å². The highest BCUT2D eigenvalue weighted by Crippen LogP contribution is 2.22. The number of nitrogens with two attached hydrogens (primary N) is 1. The second-order valence-electron chi connectivity index (χ2n) is 6.30. The zero-order chi connectivity index (χ0) is 15.6. The third-order valence-corrected chi connectivity index (χ3v) is 4.70. The van der Waals surface area contributed by atoms with E-state index in [1.807, 2.05) is 37.1 Å². The number of rotatable bonds is 3. The smallest absolute Gasteiger partial charge is 0.254 e. The number of hydrogen-bond acceptors (Lipinski definition) is 3. The minimum atomic E-state index is 0.0859. The average molecular weight is 289 g/mol. The van der Waals surface area contributed by atoms with E-state index in [1.165, 1.54) is 0 Å². The van der Waals surface area contributed by atoms with Gasteiger partial charge >= 0.3 is 0 Å². The van der Waals surface area contributed by atoms with E-state index in [9.17, 15) is 4.79 Å². The van der Waals surface area contributed by atoms with Crippen LogP contribution in [-0.2, 0) is 0 Å². The summed E-state index contributed by atoms with van der Waals surface area (Å²) in [6.07, 6.45) is 2.09. The number of nitrogen functional groups attached to an aromatic ring is 1. The molecule has 1 saturated heterocycles. The highest BCUT2D eigenvalue weighted by molar-refractivity contribution is 5.96. The standard InChI is InChI=1S/C17H27N3O/c1-12(2)20-10-8-14(9-11-20)19(4)17(21)15-6-5-7-16(18)13(15)3/h5-7,12,14H,8-11,18H2,1-4H3. The number of anilines is 1. The van der Waals surface area contributed by atoms with Crippen molar-refractivity contribution in [2.75, 3.05) is 25.9 Å². The molecule has 116 valence electrons. The maximum absolute atomic E-state index is 12.7. The van der Waals surface area contributed by atoms with Crippen molar-refractivity contribution in [3.05, 3.63) is 29.3 Å². The molecular weight excluding hydrogens is 262 g/mol. The summed E-state index contributed by atoms with van der Waals surface area (Å²) in [5, 5.41) is 0. The molecular formula is C17H27N3O. The predicted octanol–water partition coefficient (Wildman–Crippen LogP) is 2.52. The minimum absolute atomic E-state index is 0.0859. The molecule has 1 fully saturated rings. The molecule has 2 rings (SSSR count). The van der Waals surface area contributed by atoms with Crippen molar-refractivity contribution in [2.24, 2.45) is 0 Å². The van der Waals surface area contributed by atoms with Gasteiger partial charge < -0.3 is 15.5 Å². The van der Waals surface area contributed by atoms with E-state index in [-0.39, 0.29) is 5.91 Å². The molecule has 4 nitrogen and oxygen atoms in total. The molecule has 1 aromatic rings. The van der Waals surface area contributed by atoms with Crippen molar-refractivity contribution in [2.45, 2.75) is 45.7 Å². The van der Waals surface area contributed by atoms with Gasteiger partial charge in [-0.3, -0.25) is 4.79 Å². The van der Waals surface area contributed by atoms with Crippen LogP contribution in [0.15, 0.2) is 18.2 Å². The third kappa shape index (κ3) is 3.38.